The van der Waals surface area contributed by atoms with Gasteiger partial charge >= 0.3 is 0 Å². The first kappa shape index (κ1) is 10.3. The van der Waals surface area contributed by atoms with Crippen molar-refractivity contribution in [3.05, 3.63) is 59.9 Å². The number of H-pyrrole nitrogens is 1. The fourth-order valence-electron chi connectivity index (χ4n) is 2.68. The van der Waals surface area contributed by atoms with Crippen LogP contribution in [0, 0.1) is 0 Å². The van der Waals surface area contributed by atoms with E-state index in [1.54, 1.807) is 12.3 Å². The van der Waals surface area contributed by atoms with E-state index >= 15 is 0 Å². The molecule has 0 atom stereocenters. The highest BCUT2D eigenvalue weighted by atomic mass is 16.1. The van der Waals surface area contributed by atoms with Gasteiger partial charge in [-0.3, -0.25) is 9.89 Å². The monoisotopic (exact) mass is 246 g/mol. The van der Waals surface area contributed by atoms with Gasteiger partial charge in [-0.05, 0) is 28.7 Å². The van der Waals surface area contributed by atoms with Gasteiger partial charge in [-0.2, -0.15) is 5.10 Å². The number of carbonyl (C=O) groups is 1. The second-order valence-corrected chi connectivity index (χ2v) is 4.62. The lowest BCUT2D eigenvalue weighted by molar-refractivity contribution is 0.104. The van der Waals surface area contributed by atoms with Crippen molar-refractivity contribution >= 4 is 22.6 Å². The summed E-state index contributed by atoms with van der Waals surface area (Å²) < 4.78 is 0. The molecule has 19 heavy (non-hydrogen) atoms. The van der Waals surface area contributed by atoms with Crippen LogP contribution in [0.5, 0.6) is 0 Å². The largest absolute Gasteiger partial charge is 0.289 e. The number of nitrogens with zero attached hydrogens (tertiary/aromatic N) is 1. The average Bonchev–Trinajstić information content (AvgIpc) is 2.97. The van der Waals surface area contributed by atoms with Gasteiger partial charge in [0.2, 0.25) is 0 Å². The van der Waals surface area contributed by atoms with Crippen molar-refractivity contribution in [2.24, 2.45) is 0 Å². The molecule has 0 bridgehead atoms. The van der Waals surface area contributed by atoms with Crippen molar-refractivity contribution in [3.8, 4) is 11.1 Å². The van der Waals surface area contributed by atoms with E-state index in [4.69, 9.17) is 0 Å². The summed E-state index contributed by atoms with van der Waals surface area (Å²) in [6.07, 6.45) is 7.20. The third-order valence-corrected chi connectivity index (χ3v) is 3.56. The molecule has 0 saturated carbocycles. The van der Waals surface area contributed by atoms with Crippen molar-refractivity contribution in [1.82, 2.24) is 10.2 Å². The van der Waals surface area contributed by atoms with Crippen LogP contribution in [0.3, 0.4) is 0 Å². The van der Waals surface area contributed by atoms with E-state index in [0.717, 1.165) is 33.0 Å². The number of aromatic nitrogens is 2. The number of benzene rings is 2. The fourth-order valence-corrected chi connectivity index (χ4v) is 2.68. The van der Waals surface area contributed by atoms with Crippen molar-refractivity contribution in [2.75, 3.05) is 0 Å². The molecule has 1 aliphatic carbocycles. The predicted octanol–water partition coefficient (Wildman–Crippen LogP) is 3.44. The van der Waals surface area contributed by atoms with E-state index in [1.165, 1.54) is 0 Å². The highest BCUT2D eigenvalue weighted by Crippen LogP contribution is 2.35. The molecule has 1 N–H and O–H groups in total. The molecule has 4 rings (SSSR count). The van der Waals surface area contributed by atoms with Gasteiger partial charge in [0.15, 0.2) is 5.78 Å². The molecule has 0 fully saturated rings. The molecule has 3 nitrogen and oxygen atoms in total. The lowest BCUT2D eigenvalue weighted by atomic mass is 9.88. The SMILES string of the molecule is O=C1C=Cc2c(-c3cn[nH]c3)ccc3cccc1c23. The van der Waals surface area contributed by atoms with Crippen LogP contribution in [0.25, 0.3) is 28.0 Å². The van der Waals surface area contributed by atoms with Gasteiger partial charge in [-0.15, -0.1) is 0 Å². The Bertz CT molecular complexity index is 829. The number of nitrogens with one attached hydrogen (secondary N) is 1. The second kappa shape index (κ2) is 3.65. The molecule has 0 spiro atoms. The van der Waals surface area contributed by atoms with Crippen molar-refractivity contribution in [3.63, 3.8) is 0 Å². The number of carbonyl (C=O) groups excluding carboxylic acids is 1. The molecule has 0 saturated heterocycles. The average molecular weight is 246 g/mol. The third-order valence-electron chi connectivity index (χ3n) is 3.56. The maximum Gasteiger partial charge on any atom is 0.186 e. The van der Waals surface area contributed by atoms with Crippen LogP contribution in [0.4, 0.5) is 0 Å². The van der Waals surface area contributed by atoms with Crippen LogP contribution < -0.4 is 0 Å². The highest BCUT2D eigenvalue weighted by Gasteiger charge is 2.17. The maximum atomic E-state index is 12.0. The zero-order valence-corrected chi connectivity index (χ0v) is 10.1. The lowest BCUT2D eigenvalue weighted by Gasteiger charge is -2.15. The molecule has 3 aromatic rings. The number of hydrogen-bond acceptors (Lipinski definition) is 2. The van der Waals surface area contributed by atoms with Gasteiger partial charge in [-0.25, -0.2) is 0 Å². The minimum absolute atomic E-state index is 0.0717. The third kappa shape index (κ3) is 1.38. The maximum absolute atomic E-state index is 12.0. The first-order valence-corrected chi connectivity index (χ1v) is 6.12. The van der Waals surface area contributed by atoms with Crippen LogP contribution in [0.2, 0.25) is 0 Å². The molecule has 1 aliphatic rings. The summed E-state index contributed by atoms with van der Waals surface area (Å²) in [4.78, 5) is 12.0. The Kier molecular flexibility index (Phi) is 1.97. The summed E-state index contributed by atoms with van der Waals surface area (Å²) in [5, 5.41) is 8.95. The minimum atomic E-state index is 0.0717. The van der Waals surface area contributed by atoms with Gasteiger partial charge in [0, 0.05) is 22.7 Å². The molecule has 0 unspecified atom stereocenters. The Morgan fingerprint density at radius 2 is 1.95 bits per heavy atom. The molecule has 1 aromatic heterocycles. The van der Waals surface area contributed by atoms with Gasteiger partial charge in [0.05, 0.1) is 6.20 Å². The van der Waals surface area contributed by atoms with E-state index in [-0.39, 0.29) is 5.78 Å². The van der Waals surface area contributed by atoms with Crippen LogP contribution in [-0.2, 0) is 0 Å². The first-order valence-electron chi connectivity index (χ1n) is 6.12. The zero-order valence-electron chi connectivity index (χ0n) is 10.1. The fraction of sp³-hybridized carbons (Fsp3) is 0. The van der Waals surface area contributed by atoms with Gasteiger partial charge < -0.3 is 0 Å². The van der Waals surface area contributed by atoms with Gasteiger partial charge in [0.1, 0.15) is 0 Å². The van der Waals surface area contributed by atoms with Crippen LogP contribution in [0.15, 0.2) is 48.8 Å². The quantitative estimate of drug-likeness (QED) is 0.714. The Balaban J connectivity index is 2.16. The summed E-state index contributed by atoms with van der Waals surface area (Å²) in [6.45, 7) is 0. The summed E-state index contributed by atoms with van der Waals surface area (Å²) in [7, 11) is 0. The Labute approximate surface area is 109 Å². The molecular weight excluding hydrogens is 236 g/mol. The predicted molar refractivity (Wildman–Crippen MR) is 74.9 cm³/mol. The molecular formula is C16H10N2O. The standard InChI is InChI=1S/C16H10N2O/c19-15-7-6-13-12(11-8-17-18-9-11)5-4-10-2-1-3-14(15)16(10)13/h1-9H,(H,17,18). The smallest absolute Gasteiger partial charge is 0.186 e. The van der Waals surface area contributed by atoms with E-state index < -0.39 is 0 Å². The minimum Gasteiger partial charge on any atom is -0.289 e. The van der Waals surface area contributed by atoms with Crippen molar-refractivity contribution in [2.45, 2.75) is 0 Å². The molecule has 0 radical (unpaired) electrons. The second-order valence-electron chi connectivity index (χ2n) is 4.62. The number of rotatable bonds is 1. The van der Waals surface area contributed by atoms with Crippen molar-refractivity contribution in [1.29, 1.82) is 0 Å². The Morgan fingerprint density at radius 1 is 1.00 bits per heavy atom. The molecule has 0 amide bonds. The van der Waals surface area contributed by atoms with E-state index in [2.05, 4.69) is 22.3 Å². The summed E-state index contributed by atoms with van der Waals surface area (Å²) >= 11 is 0. The summed E-state index contributed by atoms with van der Waals surface area (Å²) in [5.41, 5.74) is 4.00. The van der Waals surface area contributed by atoms with Crippen LogP contribution in [0.1, 0.15) is 15.9 Å². The zero-order chi connectivity index (χ0) is 12.8. The van der Waals surface area contributed by atoms with E-state index in [1.807, 2.05) is 30.5 Å². The number of ketones is 1. The summed E-state index contributed by atoms with van der Waals surface area (Å²) in [5.74, 6) is 0.0717. The molecule has 2 aromatic carbocycles. The topological polar surface area (TPSA) is 45.8 Å². The van der Waals surface area contributed by atoms with Crippen LogP contribution in [-0.4, -0.2) is 16.0 Å². The first-order chi connectivity index (χ1) is 9.34. The normalized spacial score (nSPS) is 13.2. The number of allylic oxidation sites excluding steroid dienone is 1. The molecule has 90 valence electrons. The lowest BCUT2D eigenvalue weighted by Crippen LogP contribution is -2.02. The van der Waals surface area contributed by atoms with Crippen LogP contribution >= 0.6 is 0 Å². The Hall–Kier alpha value is -2.68. The summed E-state index contributed by atoms with van der Waals surface area (Å²) in [6, 6.07) is 9.98. The van der Waals surface area contributed by atoms with Crippen molar-refractivity contribution < 1.29 is 4.79 Å². The number of aromatic amines is 1. The van der Waals surface area contributed by atoms with Gasteiger partial charge in [0.25, 0.3) is 0 Å². The van der Waals surface area contributed by atoms with E-state index in [0.29, 0.717) is 0 Å². The number of hydrogen-bond donors (Lipinski definition) is 1. The Morgan fingerprint density at radius 3 is 2.79 bits per heavy atom. The molecule has 0 aliphatic heterocycles. The molecule has 1 heterocycles. The van der Waals surface area contributed by atoms with E-state index in [9.17, 15) is 4.79 Å². The molecule has 3 heteroatoms. The highest BCUT2D eigenvalue weighted by molar-refractivity contribution is 6.21. The van der Waals surface area contributed by atoms with Gasteiger partial charge in [-0.1, -0.05) is 30.3 Å².